The van der Waals surface area contributed by atoms with E-state index in [9.17, 15) is 14.4 Å². The summed E-state index contributed by atoms with van der Waals surface area (Å²) < 4.78 is 5.26. The molecular weight excluding hydrogens is 430 g/mol. The Bertz CT molecular complexity index is 766. The average molecular weight is 476 g/mol. The van der Waals surface area contributed by atoms with E-state index in [1.807, 2.05) is 51.1 Å². The molecule has 1 aromatic carbocycles. The van der Waals surface area contributed by atoms with Gasteiger partial charge in [-0.25, -0.2) is 4.79 Å². The van der Waals surface area contributed by atoms with Crippen LogP contribution in [0.1, 0.15) is 98.6 Å². The fraction of sp³-hybridized carbons (Fsp3) is 0.667. The lowest BCUT2D eigenvalue weighted by molar-refractivity contribution is -0.141. The molecule has 2 N–H and O–H groups in total. The Morgan fingerprint density at radius 1 is 0.912 bits per heavy atom. The molecule has 3 amide bonds. The second kappa shape index (κ2) is 14.0. The smallest absolute Gasteiger partial charge is 0.408 e. The van der Waals surface area contributed by atoms with Crippen molar-refractivity contribution < 1.29 is 19.1 Å². The summed E-state index contributed by atoms with van der Waals surface area (Å²) in [6.07, 6.45) is 5.73. The lowest BCUT2D eigenvalue weighted by Crippen LogP contribution is -2.51. The van der Waals surface area contributed by atoms with E-state index in [1.165, 1.54) is 12.8 Å². The molecule has 1 rings (SSSR count). The normalized spacial score (nSPS) is 12.6. The van der Waals surface area contributed by atoms with Gasteiger partial charge in [-0.15, -0.1) is 0 Å². The molecule has 0 heterocycles. The maximum Gasteiger partial charge on any atom is 0.408 e. The molecule has 0 saturated carbocycles. The van der Waals surface area contributed by atoms with Gasteiger partial charge in [0.15, 0.2) is 0 Å². The van der Waals surface area contributed by atoms with Crippen LogP contribution in [0.25, 0.3) is 0 Å². The largest absolute Gasteiger partial charge is 0.444 e. The number of carbonyl (C=O) groups excluding carboxylic acids is 3. The average Bonchev–Trinajstić information content (AvgIpc) is 2.71. The molecule has 0 saturated heterocycles. The lowest BCUT2D eigenvalue weighted by Gasteiger charge is -2.34. The van der Waals surface area contributed by atoms with E-state index in [0.717, 1.165) is 31.2 Å². The van der Waals surface area contributed by atoms with Gasteiger partial charge < -0.3 is 20.3 Å². The quantitative estimate of drug-likeness (QED) is 0.399. The summed E-state index contributed by atoms with van der Waals surface area (Å²) in [5, 5.41) is 5.57. The summed E-state index contributed by atoms with van der Waals surface area (Å²) >= 11 is 0. The number of unbranched alkanes of at least 4 members (excludes halogenated alkanes) is 5. The highest BCUT2D eigenvalue weighted by Gasteiger charge is 2.33. The van der Waals surface area contributed by atoms with Crippen LogP contribution >= 0.6 is 0 Å². The first-order valence-electron chi connectivity index (χ1n) is 12.5. The van der Waals surface area contributed by atoms with Gasteiger partial charge in [0.25, 0.3) is 0 Å². The minimum absolute atomic E-state index is 0.239. The van der Waals surface area contributed by atoms with E-state index in [0.29, 0.717) is 6.54 Å². The predicted molar refractivity (Wildman–Crippen MR) is 136 cm³/mol. The number of carbonyl (C=O) groups is 3. The molecule has 1 aromatic rings. The maximum atomic E-state index is 13.4. The first-order chi connectivity index (χ1) is 15.8. The third-order valence-corrected chi connectivity index (χ3v) is 5.03. The van der Waals surface area contributed by atoms with Crippen molar-refractivity contribution in [1.29, 1.82) is 0 Å². The standard InChI is InChI=1S/C27H45N3O4/c1-8-9-10-11-12-16-19-30(22(31)20-28-25(33)34-27(5,6)7)23(21-17-14-13-15-18-21)24(32)29-26(2,3)4/h13-15,17-18,23H,8-12,16,19-20H2,1-7H3,(H,28,33)(H,29,32). The summed E-state index contributed by atoms with van der Waals surface area (Å²) in [6, 6.07) is 8.53. The van der Waals surface area contributed by atoms with Gasteiger partial charge in [-0.2, -0.15) is 0 Å². The van der Waals surface area contributed by atoms with Gasteiger partial charge >= 0.3 is 6.09 Å². The van der Waals surface area contributed by atoms with Gasteiger partial charge in [-0.3, -0.25) is 9.59 Å². The molecule has 1 atom stereocenters. The second-order valence-electron chi connectivity index (χ2n) is 10.8. The molecule has 0 aromatic heterocycles. The van der Waals surface area contributed by atoms with Gasteiger partial charge in [0.05, 0.1) is 0 Å². The fourth-order valence-corrected chi connectivity index (χ4v) is 3.57. The van der Waals surface area contributed by atoms with Crippen LogP contribution in [0, 0.1) is 0 Å². The van der Waals surface area contributed by atoms with Gasteiger partial charge in [-0.1, -0.05) is 69.4 Å². The van der Waals surface area contributed by atoms with E-state index < -0.39 is 23.3 Å². The zero-order valence-corrected chi connectivity index (χ0v) is 22.2. The van der Waals surface area contributed by atoms with Crippen LogP contribution in [0.3, 0.4) is 0 Å². The number of hydrogen-bond acceptors (Lipinski definition) is 4. The van der Waals surface area contributed by atoms with Crippen molar-refractivity contribution in [2.45, 2.75) is 104 Å². The topological polar surface area (TPSA) is 87.7 Å². The zero-order valence-electron chi connectivity index (χ0n) is 22.2. The lowest BCUT2D eigenvalue weighted by atomic mass is 10.0. The predicted octanol–water partition coefficient (Wildman–Crippen LogP) is 5.36. The van der Waals surface area contributed by atoms with Gasteiger partial charge in [0.1, 0.15) is 18.2 Å². The van der Waals surface area contributed by atoms with Gasteiger partial charge in [-0.05, 0) is 53.5 Å². The highest BCUT2D eigenvalue weighted by molar-refractivity contribution is 5.90. The molecule has 7 heteroatoms. The van der Waals surface area contributed by atoms with Crippen molar-refractivity contribution in [3.8, 4) is 0 Å². The van der Waals surface area contributed by atoms with Crippen LogP contribution in [0.5, 0.6) is 0 Å². The molecule has 1 unspecified atom stereocenters. The van der Waals surface area contributed by atoms with Crippen molar-refractivity contribution in [2.75, 3.05) is 13.1 Å². The molecule has 0 aliphatic heterocycles. The highest BCUT2D eigenvalue weighted by Crippen LogP contribution is 2.23. The number of amides is 3. The molecule has 0 spiro atoms. The molecule has 0 fully saturated rings. The zero-order chi connectivity index (χ0) is 25.8. The van der Waals surface area contributed by atoms with Crippen molar-refractivity contribution >= 4 is 17.9 Å². The van der Waals surface area contributed by atoms with Gasteiger partial charge in [0, 0.05) is 12.1 Å². The number of nitrogens with one attached hydrogen (secondary N) is 2. The molecule has 34 heavy (non-hydrogen) atoms. The Hall–Kier alpha value is -2.57. The molecule has 0 radical (unpaired) electrons. The Morgan fingerprint density at radius 2 is 1.50 bits per heavy atom. The molecule has 0 aliphatic carbocycles. The van der Waals surface area contributed by atoms with Crippen LogP contribution in [0.4, 0.5) is 4.79 Å². The molecule has 7 nitrogen and oxygen atoms in total. The molecule has 192 valence electrons. The van der Waals surface area contributed by atoms with Crippen molar-refractivity contribution in [2.24, 2.45) is 0 Å². The number of hydrogen-bond donors (Lipinski definition) is 2. The van der Waals surface area contributed by atoms with E-state index >= 15 is 0 Å². The molecular formula is C27H45N3O4. The van der Waals surface area contributed by atoms with Crippen LogP contribution < -0.4 is 10.6 Å². The SMILES string of the molecule is CCCCCCCCN(C(=O)CNC(=O)OC(C)(C)C)C(C(=O)NC(C)(C)C)c1ccccc1. The number of alkyl carbamates (subject to hydrolysis) is 1. The summed E-state index contributed by atoms with van der Waals surface area (Å²) in [6.45, 7) is 13.4. The van der Waals surface area contributed by atoms with Crippen molar-refractivity contribution in [1.82, 2.24) is 15.5 Å². The fourth-order valence-electron chi connectivity index (χ4n) is 3.57. The minimum Gasteiger partial charge on any atom is -0.444 e. The van der Waals surface area contributed by atoms with Crippen molar-refractivity contribution in [3.63, 3.8) is 0 Å². The first-order valence-corrected chi connectivity index (χ1v) is 12.5. The van der Waals surface area contributed by atoms with Gasteiger partial charge in [0.2, 0.25) is 11.8 Å². The monoisotopic (exact) mass is 475 g/mol. The maximum absolute atomic E-state index is 13.4. The molecule has 0 bridgehead atoms. The Balaban J connectivity index is 3.09. The van der Waals surface area contributed by atoms with Crippen LogP contribution in [-0.2, 0) is 14.3 Å². The highest BCUT2D eigenvalue weighted by atomic mass is 16.6. The molecule has 0 aliphatic rings. The third kappa shape index (κ3) is 12.1. The van der Waals surface area contributed by atoms with E-state index in [-0.39, 0.29) is 18.4 Å². The van der Waals surface area contributed by atoms with Crippen LogP contribution in [0.15, 0.2) is 30.3 Å². The minimum atomic E-state index is -0.788. The Labute approximate surface area is 206 Å². The summed E-state index contributed by atoms with van der Waals surface area (Å²) in [5.74, 6) is -0.562. The Kier molecular flexibility index (Phi) is 12.1. The Morgan fingerprint density at radius 3 is 2.06 bits per heavy atom. The van der Waals surface area contributed by atoms with E-state index in [4.69, 9.17) is 4.74 Å². The van der Waals surface area contributed by atoms with Crippen molar-refractivity contribution in [3.05, 3.63) is 35.9 Å². The number of benzene rings is 1. The number of nitrogens with zero attached hydrogens (tertiary/aromatic N) is 1. The number of ether oxygens (including phenoxy) is 1. The summed E-state index contributed by atoms with van der Waals surface area (Å²) in [5.41, 5.74) is -0.376. The van der Waals surface area contributed by atoms with E-state index in [2.05, 4.69) is 17.6 Å². The second-order valence-corrected chi connectivity index (χ2v) is 10.8. The van der Waals surface area contributed by atoms with Crippen LogP contribution in [0.2, 0.25) is 0 Å². The summed E-state index contributed by atoms with van der Waals surface area (Å²) in [7, 11) is 0. The first kappa shape index (κ1) is 29.5. The third-order valence-electron chi connectivity index (χ3n) is 5.03. The van der Waals surface area contributed by atoms with Crippen LogP contribution in [-0.4, -0.2) is 47.0 Å². The number of rotatable bonds is 12. The summed E-state index contributed by atoms with van der Waals surface area (Å²) in [4.78, 5) is 40.4. The van der Waals surface area contributed by atoms with E-state index in [1.54, 1.807) is 25.7 Å².